The Hall–Kier alpha value is -3.66. The molecule has 0 bridgehead atoms. The van der Waals surface area contributed by atoms with Gasteiger partial charge >= 0.3 is 15.5 Å². The second-order valence-electron chi connectivity index (χ2n) is 15.5. The van der Waals surface area contributed by atoms with Crippen LogP contribution in [0.15, 0.2) is 43.1 Å². The Morgan fingerprint density at radius 2 is 1.73 bits per heavy atom. The van der Waals surface area contributed by atoms with Crippen LogP contribution in [0.4, 0.5) is 11.8 Å². The number of nitrogens with two attached hydrogens (primary N) is 1. The predicted molar refractivity (Wildman–Crippen MR) is 229 cm³/mol. The van der Waals surface area contributed by atoms with E-state index in [-0.39, 0.29) is 36.0 Å². The van der Waals surface area contributed by atoms with E-state index in [1.165, 1.54) is 28.7 Å². The normalized spacial score (nSPS) is 23.7. The number of aromatic nitrogens is 8. The van der Waals surface area contributed by atoms with Gasteiger partial charge in [-0.1, -0.05) is 55.5 Å². The Labute approximate surface area is 366 Å². The summed E-state index contributed by atoms with van der Waals surface area (Å²) in [6, 6.07) is 7.55. The predicted octanol–water partition coefficient (Wildman–Crippen LogP) is 5.43. The van der Waals surface area contributed by atoms with Gasteiger partial charge in [0.1, 0.15) is 36.0 Å². The number of aliphatic hydroxyl groups is 2. The van der Waals surface area contributed by atoms with Gasteiger partial charge in [-0.05, 0) is 50.3 Å². The maximum Gasteiger partial charge on any atom is 0.429 e. The average Bonchev–Trinajstić information content (AvgIpc) is 3.92. The SMILES string of the molecule is CCCn1c(C2CCN(OP(=O)(O)NP(=O)(O)OC[C@H]3O[C@@H](n4cnc5c(N)ncnc54)[C@H](O)[C@@H]3O)CC2)nc(-c2ccc(Cl)c(Cl)c2)c1-c1ccnc(NC2CCCCC2)n1. The molecular formula is C37H48Cl2N12O9P2. The maximum atomic E-state index is 13.2. The Morgan fingerprint density at radius 1 is 0.952 bits per heavy atom. The van der Waals surface area contributed by atoms with Crippen molar-refractivity contribution in [2.45, 2.75) is 101 Å². The van der Waals surface area contributed by atoms with Gasteiger partial charge in [0.15, 0.2) is 17.7 Å². The molecule has 3 fully saturated rings. The minimum Gasteiger partial charge on any atom is -0.387 e. The van der Waals surface area contributed by atoms with E-state index in [4.69, 9.17) is 52.8 Å². The van der Waals surface area contributed by atoms with Crippen LogP contribution in [0.1, 0.15) is 76.3 Å². The molecule has 8 N–H and O–H groups in total. The van der Waals surface area contributed by atoms with Crippen molar-refractivity contribution < 1.29 is 43.0 Å². The fourth-order valence-corrected chi connectivity index (χ4v) is 11.0. The van der Waals surface area contributed by atoms with Crippen LogP contribution >= 0.6 is 38.7 Å². The Morgan fingerprint density at radius 3 is 2.47 bits per heavy atom. The molecule has 8 rings (SSSR count). The molecule has 2 unspecified atom stereocenters. The van der Waals surface area contributed by atoms with Crippen LogP contribution in [0.25, 0.3) is 33.8 Å². The summed E-state index contributed by atoms with van der Waals surface area (Å²) in [5.41, 5.74) is 9.22. The number of hydrogen-bond donors (Lipinski definition) is 7. The molecule has 6 heterocycles. The van der Waals surface area contributed by atoms with Crippen LogP contribution in [0.5, 0.6) is 0 Å². The fourth-order valence-electron chi connectivity index (χ4n) is 8.21. The van der Waals surface area contributed by atoms with Crippen LogP contribution in [0.3, 0.4) is 0 Å². The molecular weight excluding hydrogens is 889 g/mol. The van der Waals surface area contributed by atoms with Gasteiger partial charge in [0.2, 0.25) is 5.95 Å². The van der Waals surface area contributed by atoms with E-state index in [9.17, 15) is 29.1 Å². The van der Waals surface area contributed by atoms with Crippen molar-refractivity contribution in [3.05, 3.63) is 59.0 Å². The number of rotatable bonds is 15. The van der Waals surface area contributed by atoms with Crippen LogP contribution in [0, 0.1) is 0 Å². The molecule has 6 atom stereocenters. The molecule has 1 aromatic carbocycles. The molecule has 2 aliphatic heterocycles. The van der Waals surface area contributed by atoms with Crippen LogP contribution in [0.2, 0.25) is 10.0 Å². The second-order valence-corrected chi connectivity index (χ2v) is 19.7. The number of halogens is 2. The number of imidazole rings is 2. The molecule has 0 radical (unpaired) electrons. The summed E-state index contributed by atoms with van der Waals surface area (Å²) in [6.07, 6.45) is 5.93. The number of nitrogens with zero attached hydrogens (tertiary/aromatic N) is 9. The summed E-state index contributed by atoms with van der Waals surface area (Å²) in [4.78, 5) is 49.8. The third kappa shape index (κ3) is 9.85. The molecule has 3 aliphatic rings. The van der Waals surface area contributed by atoms with Crippen molar-refractivity contribution in [1.29, 1.82) is 0 Å². The zero-order valence-electron chi connectivity index (χ0n) is 33.6. The number of nitrogens with one attached hydrogen (secondary N) is 2. The summed E-state index contributed by atoms with van der Waals surface area (Å²) >= 11 is 12.8. The van der Waals surface area contributed by atoms with Gasteiger partial charge in [-0.25, -0.2) is 43.7 Å². The number of ether oxygens (including phenoxy) is 1. The van der Waals surface area contributed by atoms with Crippen molar-refractivity contribution in [2.24, 2.45) is 0 Å². The van der Waals surface area contributed by atoms with E-state index in [1.807, 2.05) is 12.1 Å². The molecule has 1 saturated carbocycles. The summed E-state index contributed by atoms with van der Waals surface area (Å²) in [5.74, 6) is 1.32. The summed E-state index contributed by atoms with van der Waals surface area (Å²) in [5, 5.41) is 27.0. The summed E-state index contributed by atoms with van der Waals surface area (Å²) in [7, 11) is -10.0. The number of hydroxylamine groups is 2. The van der Waals surface area contributed by atoms with Crippen molar-refractivity contribution >= 4 is 61.6 Å². The smallest absolute Gasteiger partial charge is 0.387 e. The lowest BCUT2D eigenvalue weighted by atomic mass is 9.96. The molecule has 25 heteroatoms. The van der Waals surface area contributed by atoms with Crippen molar-refractivity contribution in [3.8, 4) is 22.6 Å². The summed E-state index contributed by atoms with van der Waals surface area (Å²) in [6.45, 7) is 2.29. The highest BCUT2D eigenvalue weighted by Crippen LogP contribution is 2.53. The summed E-state index contributed by atoms with van der Waals surface area (Å²) < 4.78 is 45.8. The first-order valence-corrected chi connectivity index (χ1v) is 24.3. The van der Waals surface area contributed by atoms with Crippen molar-refractivity contribution in [2.75, 3.05) is 30.7 Å². The van der Waals surface area contributed by atoms with Crippen LogP contribution < -0.4 is 15.9 Å². The lowest BCUT2D eigenvalue weighted by Gasteiger charge is -2.32. The minimum atomic E-state index is -5.05. The lowest BCUT2D eigenvalue weighted by Crippen LogP contribution is -2.35. The number of fused-ring (bicyclic) bond motifs is 1. The van der Waals surface area contributed by atoms with Gasteiger partial charge in [0, 0.05) is 43.4 Å². The number of benzene rings is 1. The fraction of sp³-hybridized carbons (Fsp3) is 0.514. The third-order valence-electron chi connectivity index (χ3n) is 11.2. The minimum absolute atomic E-state index is 0.0901. The molecule has 62 heavy (non-hydrogen) atoms. The average molecular weight is 938 g/mol. The maximum absolute atomic E-state index is 13.2. The zero-order chi connectivity index (χ0) is 43.8. The van der Waals surface area contributed by atoms with Crippen LogP contribution in [-0.4, -0.2) is 108 Å². The number of nitrogen functional groups attached to an aromatic ring is 1. The van der Waals surface area contributed by atoms with Gasteiger partial charge in [0.25, 0.3) is 0 Å². The Balaban J connectivity index is 0.934. The first-order valence-electron chi connectivity index (χ1n) is 20.3. The van der Waals surface area contributed by atoms with Gasteiger partial charge in [0.05, 0.1) is 40.1 Å². The first-order chi connectivity index (χ1) is 29.7. The topological polar surface area (TPSA) is 283 Å². The molecule has 0 amide bonds. The number of hydrogen-bond acceptors (Lipinski definition) is 16. The molecule has 334 valence electrons. The van der Waals surface area contributed by atoms with Crippen LogP contribution in [-0.2, 0) is 29.6 Å². The standard InChI is InChI=1S/C37H48Cl2N12O9P2/c1-2-14-50-30(26-10-13-41-37(46-26)45-23-6-4-3-5-7-23)28(22-8-9-24(38)25(39)17-22)47-34(50)21-11-15-49(16-12-21)60-62(56,57)48-61(54,55)58-18-27-31(52)32(53)36(59-27)51-20-44-29-33(40)42-19-43-35(29)51/h8-10,13,17,19-21,23,27,31-32,36,52-53H,2-7,11-12,14-16,18H2,1H3,(H2,40,42,43)(H,41,45,46)(H3,48,54,55,56,57)/t27-,31-,32-,36-/m1/s1. The molecule has 4 aromatic heterocycles. The first kappa shape index (κ1) is 44.9. The van der Waals surface area contributed by atoms with E-state index in [1.54, 1.807) is 23.2 Å². The largest absolute Gasteiger partial charge is 0.429 e. The highest BCUT2D eigenvalue weighted by atomic mass is 35.5. The monoisotopic (exact) mass is 936 g/mol. The second kappa shape index (κ2) is 18.8. The van der Waals surface area contributed by atoms with E-state index < -0.39 is 46.6 Å². The quantitative estimate of drug-likeness (QED) is 0.0645. The number of aliphatic hydroxyl groups excluding tert-OH is 2. The van der Waals surface area contributed by atoms with E-state index >= 15 is 0 Å². The molecule has 2 saturated heterocycles. The van der Waals surface area contributed by atoms with Crippen molar-refractivity contribution in [1.82, 2.24) is 49.0 Å². The molecule has 5 aromatic rings. The zero-order valence-corrected chi connectivity index (χ0v) is 36.9. The molecule has 1 aliphatic carbocycles. The van der Waals surface area contributed by atoms with Gasteiger partial charge in [-0.3, -0.25) is 9.09 Å². The third-order valence-corrected chi connectivity index (χ3v) is 14.9. The Kier molecular flexibility index (Phi) is 13.6. The van der Waals surface area contributed by atoms with E-state index in [0.29, 0.717) is 52.8 Å². The van der Waals surface area contributed by atoms with E-state index in [0.717, 1.165) is 49.2 Å². The highest BCUT2D eigenvalue weighted by Gasteiger charge is 2.46. The van der Waals surface area contributed by atoms with Crippen molar-refractivity contribution in [3.63, 3.8) is 0 Å². The number of piperidine rings is 1. The number of anilines is 2. The highest BCUT2D eigenvalue weighted by molar-refractivity contribution is 7.66. The lowest BCUT2D eigenvalue weighted by molar-refractivity contribution is -0.0852. The van der Waals surface area contributed by atoms with Gasteiger partial charge < -0.3 is 40.4 Å². The molecule has 21 nitrogen and oxygen atoms in total. The Bertz CT molecular complexity index is 2490. The van der Waals surface area contributed by atoms with Gasteiger partial charge in [-0.15, -0.1) is 4.86 Å². The molecule has 0 spiro atoms. The van der Waals surface area contributed by atoms with E-state index in [2.05, 4.69) is 36.7 Å². The van der Waals surface area contributed by atoms with Gasteiger partial charge in [-0.2, -0.15) is 5.06 Å².